The number of carbonyl (C=O) groups excluding carboxylic acids is 1. The Labute approximate surface area is 115 Å². The van der Waals surface area contributed by atoms with Gasteiger partial charge in [-0.25, -0.2) is 4.68 Å². The minimum absolute atomic E-state index is 0.0749. The van der Waals surface area contributed by atoms with Gasteiger partial charge in [-0.05, 0) is 33.6 Å². The van der Waals surface area contributed by atoms with Crippen LogP contribution < -0.4 is 5.32 Å². The van der Waals surface area contributed by atoms with E-state index >= 15 is 0 Å². The highest BCUT2D eigenvalue weighted by Crippen LogP contribution is 2.35. The first-order valence-corrected chi connectivity index (χ1v) is 8.12. The first-order valence-electron chi connectivity index (χ1n) is 6.63. The number of hydrogen-bond acceptors (Lipinski definition) is 3. The summed E-state index contributed by atoms with van der Waals surface area (Å²) in [5.41, 5.74) is 1.64. The summed E-state index contributed by atoms with van der Waals surface area (Å²) in [4.78, 5) is 12.0. The number of fused-ring (bicyclic) bond motifs is 1. The molecule has 1 N–H and O–H groups in total. The molecule has 19 heavy (non-hydrogen) atoms. The van der Waals surface area contributed by atoms with Gasteiger partial charge in [0.2, 0.25) is 5.91 Å². The summed E-state index contributed by atoms with van der Waals surface area (Å²) in [7, 11) is -0.871. The Morgan fingerprint density at radius 1 is 1.37 bits per heavy atom. The van der Waals surface area contributed by atoms with Crippen LogP contribution in [0.1, 0.15) is 44.9 Å². The van der Waals surface area contributed by atoms with Crippen molar-refractivity contribution in [2.75, 3.05) is 5.32 Å². The average Bonchev–Trinajstić information content (AvgIpc) is 2.99. The molecule has 1 aromatic rings. The van der Waals surface area contributed by atoms with Crippen molar-refractivity contribution in [1.29, 1.82) is 0 Å². The quantitative estimate of drug-likeness (QED) is 0.898. The van der Waals surface area contributed by atoms with Crippen LogP contribution in [0.2, 0.25) is 0 Å². The van der Waals surface area contributed by atoms with Gasteiger partial charge < -0.3 is 5.32 Å². The lowest BCUT2D eigenvalue weighted by atomic mass is 10.1. The second kappa shape index (κ2) is 4.16. The van der Waals surface area contributed by atoms with Crippen LogP contribution in [0.25, 0.3) is 0 Å². The lowest BCUT2D eigenvalue weighted by Crippen LogP contribution is -2.28. The summed E-state index contributed by atoms with van der Waals surface area (Å²) >= 11 is 0. The van der Waals surface area contributed by atoms with E-state index < -0.39 is 10.8 Å². The van der Waals surface area contributed by atoms with Crippen molar-refractivity contribution in [1.82, 2.24) is 9.78 Å². The number of carbonyl (C=O) groups is 1. The Bertz CT molecular complexity index is 567. The first kappa shape index (κ1) is 12.8. The molecule has 1 amide bonds. The Morgan fingerprint density at radius 2 is 2.05 bits per heavy atom. The molecule has 1 aliphatic heterocycles. The molecular weight excluding hydrogens is 262 g/mol. The van der Waals surface area contributed by atoms with Crippen molar-refractivity contribution in [2.24, 2.45) is 5.92 Å². The van der Waals surface area contributed by atoms with Crippen LogP contribution >= 0.6 is 0 Å². The maximum atomic E-state index is 12.0. The van der Waals surface area contributed by atoms with E-state index in [1.165, 1.54) is 0 Å². The third-order valence-electron chi connectivity index (χ3n) is 3.49. The number of anilines is 1. The summed E-state index contributed by atoms with van der Waals surface area (Å²) < 4.78 is 13.5. The second-order valence-electron chi connectivity index (χ2n) is 6.35. The Hall–Kier alpha value is -1.17. The maximum absolute atomic E-state index is 12.0. The number of amides is 1. The molecule has 6 heteroatoms. The zero-order valence-electron chi connectivity index (χ0n) is 11.5. The highest BCUT2D eigenvalue weighted by molar-refractivity contribution is 7.83. The molecule has 1 aromatic heterocycles. The molecule has 1 saturated carbocycles. The summed E-state index contributed by atoms with van der Waals surface area (Å²) in [5.74, 6) is 2.00. The SMILES string of the molecule is CC(C)(C)n1nc2c(c1NC(=O)C1CC1)CS(=O)C2. The number of aromatic nitrogens is 2. The van der Waals surface area contributed by atoms with Crippen molar-refractivity contribution in [3.8, 4) is 0 Å². The maximum Gasteiger partial charge on any atom is 0.228 e. The van der Waals surface area contributed by atoms with Gasteiger partial charge in [-0.3, -0.25) is 9.00 Å². The molecule has 1 fully saturated rings. The molecular formula is C13H19N3O2S. The minimum atomic E-state index is -0.871. The van der Waals surface area contributed by atoms with Gasteiger partial charge in [0.15, 0.2) is 0 Å². The highest BCUT2D eigenvalue weighted by atomic mass is 32.2. The smallest absolute Gasteiger partial charge is 0.228 e. The van der Waals surface area contributed by atoms with Crippen molar-refractivity contribution < 1.29 is 9.00 Å². The summed E-state index contributed by atoms with van der Waals surface area (Å²) in [6.07, 6.45) is 1.95. The molecule has 0 bridgehead atoms. The average molecular weight is 281 g/mol. The Morgan fingerprint density at radius 3 is 2.63 bits per heavy atom. The molecule has 2 aliphatic rings. The fourth-order valence-corrected chi connectivity index (χ4v) is 3.57. The van der Waals surface area contributed by atoms with Gasteiger partial charge in [-0.2, -0.15) is 5.10 Å². The fourth-order valence-electron chi connectivity index (χ4n) is 2.31. The standard InChI is InChI=1S/C13H19N3O2S/c1-13(2,3)16-11(14-12(17)8-4-5-8)9-6-19(18)7-10(9)15-16/h8H,4-7H2,1-3H3,(H,14,17). The van der Waals surface area contributed by atoms with Gasteiger partial charge in [0.1, 0.15) is 5.82 Å². The van der Waals surface area contributed by atoms with Crippen molar-refractivity contribution in [3.63, 3.8) is 0 Å². The van der Waals surface area contributed by atoms with E-state index in [1.54, 1.807) is 0 Å². The number of nitrogens with zero attached hydrogens (tertiary/aromatic N) is 2. The number of rotatable bonds is 2. The molecule has 1 unspecified atom stereocenters. The molecule has 1 atom stereocenters. The lowest BCUT2D eigenvalue weighted by Gasteiger charge is -2.23. The molecule has 0 radical (unpaired) electrons. The zero-order chi connectivity index (χ0) is 13.8. The normalized spacial score (nSPS) is 22.4. The molecule has 2 heterocycles. The van der Waals surface area contributed by atoms with Crippen LogP contribution in [0.3, 0.4) is 0 Å². The van der Waals surface area contributed by atoms with Crippen molar-refractivity contribution in [2.45, 2.75) is 50.7 Å². The van der Waals surface area contributed by atoms with Crippen LogP contribution in [0.4, 0.5) is 5.82 Å². The van der Waals surface area contributed by atoms with E-state index in [0.717, 1.165) is 29.9 Å². The van der Waals surface area contributed by atoms with Crippen LogP contribution in [0, 0.1) is 5.92 Å². The zero-order valence-corrected chi connectivity index (χ0v) is 12.3. The Kier molecular flexibility index (Phi) is 2.81. The first-order chi connectivity index (χ1) is 8.86. The van der Waals surface area contributed by atoms with Gasteiger partial charge in [0, 0.05) is 22.3 Å². The van der Waals surface area contributed by atoms with E-state index in [9.17, 15) is 9.00 Å². The molecule has 104 valence electrons. The predicted molar refractivity (Wildman–Crippen MR) is 74.1 cm³/mol. The van der Waals surface area contributed by atoms with Crippen LogP contribution in [0.5, 0.6) is 0 Å². The van der Waals surface area contributed by atoms with Crippen LogP contribution in [-0.4, -0.2) is 19.9 Å². The minimum Gasteiger partial charge on any atom is -0.310 e. The van der Waals surface area contributed by atoms with Gasteiger partial charge in [-0.15, -0.1) is 0 Å². The van der Waals surface area contributed by atoms with Crippen molar-refractivity contribution in [3.05, 3.63) is 11.3 Å². The van der Waals surface area contributed by atoms with E-state index in [2.05, 4.69) is 31.2 Å². The predicted octanol–water partition coefficient (Wildman–Crippen LogP) is 1.75. The molecule has 0 aromatic carbocycles. The van der Waals surface area contributed by atoms with E-state index in [-0.39, 0.29) is 17.4 Å². The van der Waals surface area contributed by atoms with E-state index in [1.807, 2.05) is 4.68 Å². The molecule has 3 rings (SSSR count). The third kappa shape index (κ3) is 2.33. The number of nitrogens with one attached hydrogen (secondary N) is 1. The molecule has 0 spiro atoms. The van der Waals surface area contributed by atoms with Crippen LogP contribution in [-0.2, 0) is 32.6 Å². The van der Waals surface area contributed by atoms with Crippen molar-refractivity contribution >= 4 is 22.5 Å². The highest BCUT2D eigenvalue weighted by Gasteiger charge is 2.35. The fraction of sp³-hybridized carbons (Fsp3) is 0.692. The monoisotopic (exact) mass is 281 g/mol. The second-order valence-corrected chi connectivity index (χ2v) is 7.81. The largest absolute Gasteiger partial charge is 0.310 e. The van der Waals surface area contributed by atoms with Gasteiger partial charge >= 0.3 is 0 Å². The van der Waals surface area contributed by atoms with Crippen LogP contribution in [0.15, 0.2) is 0 Å². The summed E-state index contributed by atoms with van der Waals surface area (Å²) in [6, 6.07) is 0. The summed E-state index contributed by atoms with van der Waals surface area (Å²) in [5, 5.41) is 7.56. The number of hydrogen-bond donors (Lipinski definition) is 1. The summed E-state index contributed by atoms with van der Waals surface area (Å²) in [6.45, 7) is 6.16. The molecule has 1 aliphatic carbocycles. The van der Waals surface area contributed by atoms with Gasteiger partial charge in [0.05, 0.1) is 22.7 Å². The van der Waals surface area contributed by atoms with E-state index in [4.69, 9.17) is 0 Å². The lowest BCUT2D eigenvalue weighted by molar-refractivity contribution is -0.117. The Balaban J connectivity index is 1.99. The third-order valence-corrected chi connectivity index (χ3v) is 4.70. The van der Waals surface area contributed by atoms with E-state index in [0.29, 0.717) is 11.5 Å². The molecule has 5 nitrogen and oxygen atoms in total. The molecule has 0 saturated heterocycles. The van der Waals surface area contributed by atoms with Gasteiger partial charge in [0.25, 0.3) is 0 Å². The topological polar surface area (TPSA) is 64.0 Å². The van der Waals surface area contributed by atoms with Gasteiger partial charge in [-0.1, -0.05) is 0 Å².